The zero-order chi connectivity index (χ0) is 28.2. The van der Waals surface area contributed by atoms with E-state index in [0.29, 0.717) is 32.7 Å². The Morgan fingerprint density at radius 3 is 2.35 bits per heavy atom. The number of thioether (sulfide) groups is 1. The van der Waals surface area contributed by atoms with Crippen LogP contribution in [0.4, 0.5) is 18.9 Å². The number of nitrogens with one attached hydrogen (secondary N) is 1. The molecule has 0 radical (unpaired) electrons. The lowest BCUT2D eigenvalue weighted by molar-refractivity contribution is -0.137. The zero-order valence-electron chi connectivity index (χ0n) is 20.9. The molecule has 1 aromatic heterocycles. The van der Waals surface area contributed by atoms with Gasteiger partial charge in [-0.25, -0.2) is 4.90 Å². The number of fused-ring (bicyclic) bond motifs is 2. The molecule has 2 aliphatic heterocycles. The summed E-state index contributed by atoms with van der Waals surface area (Å²) >= 11 is 1.96. The monoisotopic (exact) mass is 582 g/mol. The Morgan fingerprint density at radius 2 is 1.62 bits per heavy atom. The van der Waals surface area contributed by atoms with Gasteiger partial charge in [0.05, 0.1) is 22.2 Å². The first-order chi connectivity index (χ1) is 19.1. The zero-order valence-corrected chi connectivity index (χ0v) is 22.5. The molecule has 4 aromatic rings. The number of hydrogen-bond acceptors (Lipinski definition) is 6. The molecule has 1 N–H and O–H groups in total. The predicted octanol–water partition coefficient (Wildman–Crippen LogP) is 6.14. The first-order valence-electron chi connectivity index (χ1n) is 12.3. The fourth-order valence-corrected chi connectivity index (χ4v) is 7.74. The second-order valence-electron chi connectivity index (χ2n) is 9.56. The Hall–Kier alpha value is -3.83. The van der Waals surface area contributed by atoms with Gasteiger partial charge >= 0.3 is 11.0 Å². The van der Waals surface area contributed by atoms with E-state index in [0.717, 1.165) is 46.4 Å². The fourth-order valence-electron chi connectivity index (χ4n) is 5.23. The first-order valence-corrected chi connectivity index (χ1v) is 14.0. The van der Waals surface area contributed by atoms with Crippen LogP contribution in [0.2, 0.25) is 0 Å². The van der Waals surface area contributed by atoms with Gasteiger partial charge in [-0.1, -0.05) is 71.6 Å². The van der Waals surface area contributed by atoms with E-state index in [-0.39, 0.29) is 4.87 Å². The number of benzene rings is 3. The molecule has 3 heterocycles. The highest BCUT2D eigenvalue weighted by Crippen LogP contribution is 2.54. The number of thiazole rings is 1. The standard InChI is InChI=1S/C29H21F3N2O4S2/c1-15-6-2-3-7-17(15)14-38-18-12-10-16(11-13-18)21-22-24(39-25-23(21)40-28(37)33-25)27(36)34(26(22)35)20-9-5-4-8-19(20)29(30,31)32/h2-13,21-22,24H,14H2,1H3,(H,33,37)/t21-,22-,24+/m0/s1. The molecule has 2 amide bonds. The minimum atomic E-state index is -4.75. The Morgan fingerprint density at radius 1 is 0.925 bits per heavy atom. The summed E-state index contributed by atoms with van der Waals surface area (Å²) in [5.41, 5.74) is 1.24. The van der Waals surface area contributed by atoms with Crippen molar-refractivity contribution in [1.82, 2.24) is 4.98 Å². The Labute approximate surface area is 234 Å². The molecule has 3 aromatic carbocycles. The molecule has 0 saturated carbocycles. The lowest BCUT2D eigenvalue weighted by Crippen LogP contribution is -2.33. The molecular formula is C29H21F3N2O4S2. The number of ether oxygens (including phenoxy) is 1. The van der Waals surface area contributed by atoms with Crippen LogP contribution in [0.25, 0.3) is 0 Å². The van der Waals surface area contributed by atoms with Crippen LogP contribution in [0, 0.1) is 12.8 Å². The summed E-state index contributed by atoms with van der Waals surface area (Å²) in [4.78, 5) is 43.3. The van der Waals surface area contributed by atoms with Crippen LogP contribution in [0.1, 0.15) is 33.0 Å². The number of rotatable bonds is 5. The van der Waals surface area contributed by atoms with Crippen LogP contribution in [0.3, 0.4) is 0 Å². The molecule has 3 atom stereocenters. The smallest absolute Gasteiger partial charge is 0.418 e. The molecule has 0 unspecified atom stereocenters. The van der Waals surface area contributed by atoms with Crippen LogP contribution in [0.15, 0.2) is 82.6 Å². The third kappa shape index (κ3) is 4.52. The maximum atomic E-state index is 13.8. The van der Waals surface area contributed by atoms with Gasteiger partial charge in [0, 0.05) is 10.8 Å². The van der Waals surface area contributed by atoms with Gasteiger partial charge in [0.15, 0.2) is 0 Å². The van der Waals surface area contributed by atoms with Crippen molar-refractivity contribution in [2.45, 2.75) is 35.9 Å². The van der Waals surface area contributed by atoms with E-state index in [1.54, 1.807) is 24.3 Å². The maximum absolute atomic E-state index is 13.8. The van der Waals surface area contributed by atoms with E-state index < -0.39 is 46.3 Å². The average Bonchev–Trinajstić information content (AvgIpc) is 3.42. The Balaban J connectivity index is 1.36. The molecule has 6 rings (SSSR count). The van der Waals surface area contributed by atoms with Crippen molar-refractivity contribution in [2.75, 3.05) is 4.90 Å². The van der Waals surface area contributed by atoms with Crippen molar-refractivity contribution in [3.05, 3.63) is 110 Å². The van der Waals surface area contributed by atoms with Crippen molar-refractivity contribution in [2.24, 2.45) is 5.92 Å². The van der Waals surface area contributed by atoms with Gasteiger partial charge < -0.3 is 9.72 Å². The van der Waals surface area contributed by atoms with E-state index in [1.165, 1.54) is 12.1 Å². The SMILES string of the molecule is Cc1ccccc1COc1ccc([C@@H]2c3sc(=O)[nH]c3S[C@H]3C(=O)N(c4ccccc4C(F)(F)F)C(=O)[C@@H]23)cc1. The highest BCUT2D eigenvalue weighted by atomic mass is 32.2. The lowest BCUT2D eigenvalue weighted by atomic mass is 9.83. The second-order valence-corrected chi connectivity index (χ2v) is 11.7. The lowest BCUT2D eigenvalue weighted by Gasteiger charge is -2.29. The average molecular weight is 583 g/mol. The van der Waals surface area contributed by atoms with E-state index in [1.807, 2.05) is 31.2 Å². The van der Waals surface area contributed by atoms with Crippen molar-refractivity contribution in [1.29, 1.82) is 0 Å². The fraction of sp³-hybridized carbons (Fsp3) is 0.207. The summed E-state index contributed by atoms with van der Waals surface area (Å²) in [6.07, 6.45) is -4.75. The largest absolute Gasteiger partial charge is 0.489 e. The molecule has 11 heteroatoms. The first kappa shape index (κ1) is 26.4. The Kier molecular flexibility index (Phi) is 6.58. The van der Waals surface area contributed by atoms with Crippen LogP contribution < -0.4 is 14.5 Å². The number of imide groups is 1. The number of alkyl halides is 3. The number of amides is 2. The summed E-state index contributed by atoms with van der Waals surface area (Å²) in [6.45, 7) is 2.36. The molecule has 204 valence electrons. The normalized spacial score (nSPS) is 20.4. The van der Waals surface area contributed by atoms with Crippen LogP contribution in [0.5, 0.6) is 5.75 Å². The van der Waals surface area contributed by atoms with Crippen LogP contribution >= 0.6 is 23.1 Å². The third-order valence-electron chi connectivity index (χ3n) is 7.17. The maximum Gasteiger partial charge on any atom is 0.418 e. The number of para-hydroxylation sites is 1. The summed E-state index contributed by atoms with van der Waals surface area (Å²) in [5, 5.41) is -0.540. The number of aromatic amines is 1. The minimum absolute atomic E-state index is 0.333. The highest BCUT2D eigenvalue weighted by molar-refractivity contribution is 8.00. The van der Waals surface area contributed by atoms with Crippen LogP contribution in [-0.2, 0) is 22.4 Å². The highest BCUT2D eigenvalue weighted by Gasteiger charge is 2.57. The summed E-state index contributed by atoms with van der Waals surface area (Å²) in [6, 6.07) is 19.4. The van der Waals surface area contributed by atoms with E-state index in [4.69, 9.17) is 4.74 Å². The van der Waals surface area contributed by atoms with Gasteiger partial charge in [-0.2, -0.15) is 13.2 Å². The van der Waals surface area contributed by atoms with Gasteiger partial charge in [0.1, 0.15) is 17.6 Å². The van der Waals surface area contributed by atoms with Crippen molar-refractivity contribution >= 4 is 40.6 Å². The van der Waals surface area contributed by atoms with Gasteiger partial charge in [-0.3, -0.25) is 14.4 Å². The van der Waals surface area contributed by atoms with Gasteiger partial charge in [-0.05, 0) is 47.9 Å². The topological polar surface area (TPSA) is 79.5 Å². The number of hydrogen-bond donors (Lipinski definition) is 1. The van der Waals surface area contributed by atoms with E-state index in [9.17, 15) is 27.6 Å². The van der Waals surface area contributed by atoms with Gasteiger partial charge in [-0.15, -0.1) is 0 Å². The number of aromatic nitrogens is 1. The third-order valence-corrected chi connectivity index (χ3v) is 9.57. The minimum Gasteiger partial charge on any atom is -0.489 e. The molecule has 1 saturated heterocycles. The number of halogens is 3. The van der Waals surface area contributed by atoms with E-state index >= 15 is 0 Å². The number of carbonyl (C=O) groups excluding carboxylic acids is 2. The number of nitrogens with zero attached hydrogens (tertiary/aromatic N) is 1. The molecule has 1 fully saturated rings. The molecule has 40 heavy (non-hydrogen) atoms. The molecule has 6 nitrogen and oxygen atoms in total. The van der Waals surface area contributed by atoms with E-state index in [2.05, 4.69) is 4.98 Å². The molecule has 0 bridgehead atoms. The van der Waals surface area contributed by atoms with Gasteiger partial charge in [0.2, 0.25) is 11.8 Å². The molecular weight excluding hydrogens is 561 g/mol. The summed E-state index contributed by atoms with van der Waals surface area (Å²) < 4.78 is 47.4. The molecule has 0 aliphatic carbocycles. The quantitative estimate of drug-likeness (QED) is 0.286. The molecule has 0 spiro atoms. The molecule has 2 aliphatic rings. The number of H-pyrrole nitrogens is 1. The predicted molar refractivity (Wildman–Crippen MR) is 146 cm³/mol. The summed E-state index contributed by atoms with van der Waals surface area (Å²) in [7, 11) is 0. The number of carbonyl (C=O) groups is 2. The van der Waals surface area contributed by atoms with Crippen molar-refractivity contribution in [3.63, 3.8) is 0 Å². The Bertz CT molecular complexity index is 1680. The summed E-state index contributed by atoms with van der Waals surface area (Å²) in [5.74, 6) is -2.56. The second kappa shape index (κ2) is 9.97. The van der Waals surface area contributed by atoms with Crippen molar-refractivity contribution in [3.8, 4) is 5.75 Å². The van der Waals surface area contributed by atoms with Gasteiger partial charge in [0.25, 0.3) is 0 Å². The number of anilines is 1. The van der Waals surface area contributed by atoms with Crippen molar-refractivity contribution < 1.29 is 27.5 Å². The number of aryl methyl sites for hydroxylation is 1. The van der Waals surface area contributed by atoms with Crippen LogP contribution in [-0.4, -0.2) is 22.0 Å².